The van der Waals surface area contributed by atoms with Crippen LogP contribution >= 0.6 is 11.6 Å². The number of amides is 1. The summed E-state index contributed by atoms with van der Waals surface area (Å²) in [7, 11) is 4.26. The van der Waals surface area contributed by atoms with E-state index in [0.29, 0.717) is 39.2 Å². The minimum absolute atomic E-state index is 0.0129. The molecule has 0 aliphatic carbocycles. The van der Waals surface area contributed by atoms with Crippen molar-refractivity contribution in [1.29, 1.82) is 0 Å². The van der Waals surface area contributed by atoms with Gasteiger partial charge in [-0.25, -0.2) is 4.98 Å². The summed E-state index contributed by atoms with van der Waals surface area (Å²) in [6, 6.07) is 3.26. The first-order valence-corrected chi connectivity index (χ1v) is 10.2. The summed E-state index contributed by atoms with van der Waals surface area (Å²) in [6.07, 6.45) is -0.0301. The Morgan fingerprint density at radius 3 is 2.25 bits per heavy atom. The monoisotopic (exact) mass is 463 g/mol. The fraction of sp³-hybridized carbons (Fsp3) is 0.429. The average molecular weight is 464 g/mol. The van der Waals surface area contributed by atoms with Gasteiger partial charge >= 0.3 is 5.97 Å². The third kappa shape index (κ3) is 4.64. The number of esters is 1. The number of aromatic amines is 1. The highest BCUT2D eigenvalue weighted by Gasteiger charge is 2.26. The van der Waals surface area contributed by atoms with Crippen LogP contribution in [0.4, 0.5) is 5.69 Å². The molecule has 2 heterocycles. The Morgan fingerprint density at radius 1 is 1.12 bits per heavy atom. The Balaban J connectivity index is 1.96. The number of methoxy groups -OCH3 is 3. The van der Waals surface area contributed by atoms with Crippen LogP contribution in [0.2, 0.25) is 5.02 Å². The topological polar surface area (TPSA) is 120 Å². The number of anilines is 1. The van der Waals surface area contributed by atoms with Crippen LogP contribution in [0.5, 0.6) is 11.5 Å². The fourth-order valence-corrected chi connectivity index (χ4v) is 3.60. The van der Waals surface area contributed by atoms with E-state index in [1.807, 2.05) is 20.8 Å². The van der Waals surface area contributed by atoms with E-state index in [4.69, 9.17) is 21.1 Å². The van der Waals surface area contributed by atoms with Crippen molar-refractivity contribution in [3.8, 4) is 22.9 Å². The molecule has 0 aliphatic heterocycles. The van der Waals surface area contributed by atoms with Crippen LogP contribution in [-0.2, 0) is 19.7 Å². The maximum absolute atomic E-state index is 12.2. The number of carbonyl (C=O) groups is 2. The summed E-state index contributed by atoms with van der Waals surface area (Å²) in [5, 5.41) is 10.9. The molecule has 172 valence electrons. The summed E-state index contributed by atoms with van der Waals surface area (Å²) in [6.45, 7) is 6.11. The largest absolute Gasteiger partial charge is 0.496 e. The highest BCUT2D eigenvalue weighted by atomic mass is 35.5. The van der Waals surface area contributed by atoms with Crippen molar-refractivity contribution in [2.24, 2.45) is 0 Å². The average Bonchev–Trinajstić information content (AvgIpc) is 3.30. The Bertz CT molecular complexity index is 1140. The summed E-state index contributed by atoms with van der Waals surface area (Å²) < 4.78 is 17.1. The number of H-pyrrole nitrogens is 1. The minimum Gasteiger partial charge on any atom is -0.496 e. The smallest absolute Gasteiger partial charge is 0.306 e. The fourth-order valence-electron chi connectivity index (χ4n) is 3.15. The highest BCUT2D eigenvalue weighted by molar-refractivity contribution is 6.34. The van der Waals surface area contributed by atoms with Crippen LogP contribution in [0.25, 0.3) is 17.0 Å². The van der Waals surface area contributed by atoms with Crippen LogP contribution in [0, 0.1) is 0 Å². The van der Waals surface area contributed by atoms with Gasteiger partial charge in [-0.3, -0.25) is 14.7 Å². The zero-order chi connectivity index (χ0) is 23.6. The van der Waals surface area contributed by atoms with Crippen molar-refractivity contribution in [3.63, 3.8) is 0 Å². The molecule has 0 atom stereocenters. The number of carbonyl (C=O) groups excluding carboxylic acids is 2. The van der Waals surface area contributed by atoms with E-state index in [2.05, 4.69) is 25.2 Å². The molecule has 0 saturated heterocycles. The number of ether oxygens (including phenoxy) is 3. The van der Waals surface area contributed by atoms with Gasteiger partial charge in [-0.15, -0.1) is 5.10 Å². The molecular weight excluding hydrogens is 438 g/mol. The van der Waals surface area contributed by atoms with Gasteiger partial charge in [0.1, 0.15) is 22.1 Å². The van der Waals surface area contributed by atoms with E-state index in [-0.39, 0.29) is 24.2 Å². The number of halogens is 1. The zero-order valence-corrected chi connectivity index (χ0v) is 19.6. The first kappa shape index (κ1) is 23.4. The summed E-state index contributed by atoms with van der Waals surface area (Å²) >= 11 is 6.54. The third-order valence-electron chi connectivity index (χ3n) is 4.79. The van der Waals surface area contributed by atoms with Crippen LogP contribution in [-0.4, -0.2) is 53.0 Å². The molecule has 10 nitrogen and oxygen atoms in total. The lowest BCUT2D eigenvalue weighted by molar-refractivity contribution is -0.141. The number of hydrogen-bond acceptors (Lipinski definition) is 7. The van der Waals surface area contributed by atoms with Crippen molar-refractivity contribution in [3.05, 3.63) is 22.8 Å². The Kier molecular flexibility index (Phi) is 6.63. The van der Waals surface area contributed by atoms with E-state index in [1.165, 1.54) is 26.0 Å². The molecule has 0 bridgehead atoms. The number of hydrogen-bond donors (Lipinski definition) is 2. The van der Waals surface area contributed by atoms with E-state index in [9.17, 15) is 9.59 Å². The van der Waals surface area contributed by atoms with Gasteiger partial charge in [0.2, 0.25) is 5.91 Å². The predicted molar refractivity (Wildman–Crippen MR) is 119 cm³/mol. The highest BCUT2D eigenvalue weighted by Crippen LogP contribution is 2.41. The van der Waals surface area contributed by atoms with Crippen molar-refractivity contribution < 1.29 is 23.8 Å². The number of rotatable bonds is 7. The number of benzene rings is 1. The molecule has 0 aliphatic rings. The van der Waals surface area contributed by atoms with Gasteiger partial charge in [-0.05, 0) is 0 Å². The Morgan fingerprint density at radius 2 is 1.75 bits per heavy atom. The lowest BCUT2D eigenvalue weighted by Crippen LogP contribution is -2.14. The molecule has 1 amide bonds. The van der Waals surface area contributed by atoms with E-state index in [1.54, 1.807) is 12.1 Å². The van der Waals surface area contributed by atoms with Gasteiger partial charge in [0.05, 0.1) is 33.4 Å². The van der Waals surface area contributed by atoms with Gasteiger partial charge in [-0.1, -0.05) is 32.4 Å². The van der Waals surface area contributed by atoms with Gasteiger partial charge in [-0.2, -0.15) is 4.63 Å². The predicted octanol–water partition coefficient (Wildman–Crippen LogP) is 3.58. The second kappa shape index (κ2) is 9.07. The third-order valence-corrected chi connectivity index (χ3v) is 5.15. The van der Waals surface area contributed by atoms with Gasteiger partial charge in [0.25, 0.3) is 0 Å². The van der Waals surface area contributed by atoms with Crippen LogP contribution < -0.4 is 14.8 Å². The SMILES string of the molecule is COC(=O)CCC(=O)Nc1cc(OC)c(-c2nc3c(Cl)c(C(C)(C)C)[nH]n3n2)c(OC)c1. The maximum Gasteiger partial charge on any atom is 0.306 e. The molecule has 11 heteroatoms. The van der Waals surface area contributed by atoms with E-state index >= 15 is 0 Å². The molecule has 3 aromatic rings. The number of fused-ring (bicyclic) bond motifs is 1. The molecule has 0 fully saturated rings. The molecule has 0 spiro atoms. The van der Waals surface area contributed by atoms with Crippen molar-refractivity contribution >= 4 is 34.8 Å². The standard InChI is InChI=1S/C21H26ClN5O5/c1-21(2,3)18-17(22)20-24-19(26-27(20)25-18)16-12(30-4)9-11(10-13(16)31-5)23-14(28)7-8-15(29)32-6/h9-10,25H,7-8H2,1-6H3,(H,23,28). The molecule has 1 aromatic carbocycles. The van der Waals surface area contributed by atoms with Crippen molar-refractivity contribution in [2.45, 2.75) is 39.0 Å². The number of nitrogens with zero attached hydrogens (tertiary/aromatic N) is 3. The molecule has 2 aromatic heterocycles. The first-order valence-electron chi connectivity index (χ1n) is 9.86. The lowest BCUT2D eigenvalue weighted by Gasteiger charge is -2.16. The molecule has 0 radical (unpaired) electrons. The Labute approximate surface area is 190 Å². The molecule has 3 rings (SSSR count). The van der Waals surface area contributed by atoms with Gasteiger partial charge in [0.15, 0.2) is 11.5 Å². The van der Waals surface area contributed by atoms with Crippen LogP contribution in [0.15, 0.2) is 12.1 Å². The molecule has 32 heavy (non-hydrogen) atoms. The first-order chi connectivity index (χ1) is 15.1. The molecule has 0 unspecified atom stereocenters. The van der Waals surface area contributed by atoms with E-state index < -0.39 is 5.97 Å². The van der Waals surface area contributed by atoms with Crippen LogP contribution in [0.3, 0.4) is 0 Å². The van der Waals surface area contributed by atoms with Gasteiger partial charge in [0, 0.05) is 29.7 Å². The zero-order valence-electron chi connectivity index (χ0n) is 18.8. The molecular formula is C21H26ClN5O5. The van der Waals surface area contributed by atoms with Crippen LogP contribution in [0.1, 0.15) is 39.3 Å². The van der Waals surface area contributed by atoms with Crippen molar-refractivity contribution in [1.82, 2.24) is 19.8 Å². The number of nitrogens with one attached hydrogen (secondary N) is 2. The van der Waals surface area contributed by atoms with E-state index in [0.717, 1.165) is 5.69 Å². The summed E-state index contributed by atoms with van der Waals surface area (Å²) in [5.74, 6) is 0.333. The van der Waals surface area contributed by atoms with Gasteiger partial charge < -0.3 is 19.5 Å². The second-order valence-corrected chi connectivity index (χ2v) is 8.48. The summed E-state index contributed by atoms with van der Waals surface area (Å²) in [5.41, 5.74) is 2.05. The molecule has 0 saturated carbocycles. The quantitative estimate of drug-likeness (QED) is 0.514. The maximum atomic E-state index is 12.2. The lowest BCUT2D eigenvalue weighted by atomic mass is 9.92. The molecule has 2 N–H and O–H groups in total. The van der Waals surface area contributed by atoms with Crippen molar-refractivity contribution in [2.75, 3.05) is 26.6 Å². The minimum atomic E-state index is -0.458. The normalized spacial score (nSPS) is 11.5. The second-order valence-electron chi connectivity index (χ2n) is 8.10. The summed E-state index contributed by atoms with van der Waals surface area (Å²) in [4.78, 5) is 28.0. The Hall–Kier alpha value is -3.27. The number of aromatic nitrogens is 4.